The molecule has 1 N–H and O–H groups in total. The minimum absolute atomic E-state index is 0.181. The SMILES string of the molecule is COc1ccc(N(Cc2ccccc2)C(=O)CCC2CCNC2)cc1. The van der Waals surface area contributed by atoms with E-state index in [9.17, 15) is 4.79 Å². The van der Waals surface area contributed by atoms with Gasteiger partial charge in [0.15, 0.2) is 0 Å². The fraction of sp³-hybridized carbons (Fsp3) is 0.381. The molecule has 1 saturated heterocycles. The van der Waals surface area contributed by atoms with Crippen molar-refractivity contribution < 1.29 is 9.53 Å². The van der Waals surface area contributed by atoms with E-state index in [-0.39, 0.29) is 5.91 Å². The molecule has 0 radical (unpaired) electrons. The quantitative estimate of drug-likeness (QED) is 0.838. The Balaban J connectivity index is 1.73. The molecule has 0 aliphatic carbocycles. The van der Waals surface area contributed by atoms with E-state index < -0.39 is 0 Å². The van der Waals surface area contributed by atoms with E-state index in [0.717, 1.165) is 36.5 Å². The van der Waals surface area contributed by atoms with Gasteiger partial charge in [-0.1, -0.05) is 30.3 Å². The normalized spacial score (nSPS) is 16.6. The van der Waals surface area contributed by atoms with Crippen LogP contribution in [0.2, 0.25) is 0 Å². The Bertz CT molecular complexity index is 664. The van der Waals surface area contributed by atoms with E-state index in [1.165, 1.54) is 6.42 Å². The number of benzene rings is 2. The van der Waals surface area contributed by atoms with Gasteiger partial charge in [-0.25, -0.2) is 0 Å². The predicted octanol–water partition coefficient (Wildman–Crippen LogP) is 3.62. The van der Waals surface area contributed by atoms with Crippen LogP contribution in [0.5, 0.6) is 5.75 Å². The van der Waals surface area contributed by atoms with Gasteiger partial charge in [0.1, 0.15) is 5.75 Å². The van der Waals surface area contributed by atoms with Gasteiger partial charge in [0, 0.05) is 12.1 Å². The third kappa shape index (κ3) is 4.83. The Labute approximate surface area is 149 Å². The fourth-order valence-electron chi connectivity index (χ4n) is 3.28. The first-order chi connectivity index (χ1) is 12.3. The van der Waals surface area contributed by atoms with Crippen molar-refractivity contribution in [1.29, 1.82) is 0 Å². The maximum atomic E-state index is 12.9. The Kier molecular flexibility index (Phi) is 6.07. The molecular weight excluding hydrogens is 312 g/mol. The number of carbonyl (C=O) groups is 1. The standard InChI is InChI=1S/C21H26N2O2/c1-25-20-10-8-19(9-11-20)23(16-18-5-3-2-4-6-18)21(24)12-7-17-13-14-22-15-17/h2-6,8-11,17,22H,7,12-16H2,1H3. The van der Waals surface area contributed by atoms with E-state index in [1.807, 2.05) is 47.4 Å². The molecule has 1 aliphatic rings. The highest BCUT2D eigenvalue weighted by Gasteiger charge is 2.20. The van der Waals surface area contributed by atoms with E-state index in [2.05, 4.69) is 17.4 Å². The predicted molar refractivity (Wildman–Crippen MR) is 101 cm³/mol. The largest absolute Gasteiger partial charge is 0.497 e. The van der Waals surface area contributed by atoms with Crippen molar-refractivity contribution in [2.24, 2.45) is 5.92 Å². The molecule has 2 aromatic carbocycles. The summed E-state index contributed by atoms with van der Waals surface area (Å²) in [6, 6.07) is 17.9. The van der Waals surface area contributed by atoms with Crippen molar-refractivity contribution in [3.63, 3.8) is 0 Å². The first kappa shape index (κ1) is 17.5. The lowest BCUT2D eigenvalue weighted by atomic mass is 10.0. The van der Waals surface area contributed by atoms with Crippen LogP contribution in [0, 0.1) is 5.92 Å². The summed E-state index contributed by atoms with van der Waals surface area (Å²) in [4.78, 5) is 14.8. The molecule has 1 fully saturated rings. The third-order valence-electron chi connectivity index (χ3n) is 4.80. The number of ether oxygens (including phenoxy) is 1. The summed E-state index contributed by atoms with van der Waals surface area (Å²) in [5.41, 5.74) is 2.05. The topological polar surface area (TPSA) is 41.6 Å². The Morgan fingerprint density at radius 3 is 2.56 bits per heavy atom. The Hall–Kier alpha value is -2.33. The maximum absolute atomic E-state index is 12.9. The molecule has 4 nitrogen and oxygen atoms in total. The number of nitrogens with one attached hydrogen (secondary N) is 1. The van der Waals surface area contributed by atoms with Crippen LogP contribution in [0.15, 0.2) is 54.6 Å². The van der Waals surface area contributed by atoms with Gasteiger partial charge in [0.25, 0.3) is 0 Å². The summed E-state index contributed by atoms with van der Waals surface area (Å²) in [6.07, 6.45) is 2.72. The minimum atomic E-state index is 0.181. The van der Waals surface area contributed by atoms with Crippen LogP contribution < -0.4 is 15.0 Å². The summed E-state index contributed by atoms with van der Waals surface area (Å²) in [5, 5.41) is 3.37. The molecule has 1 atom stereocenters. The number of nitrogens with zero attached hydrogens (tertiary/aromatic N) is 1. The first-order valence-electron chi connectivity index (χ1n) is 8.95. The number of rotatable bonds is 7. The molecule has 0 spiro atoms. The summed E-state index contributed by atoms with van der Waals surface area (Å²) in [5.74, 6) is 1.60. The monoisotopic (exact) mass is 338 g/mol. The average Bonchev–Trinajstić information content (AvgIpc) is 3.19. The van der Waals surface area contributed by atoms with Gasteiger partial charge >= 0.3 is 0 Å². The van der Waals surface area contributed by atoms with Crippen LogP contribution in [-0.2, 0) is 11.3 Å². The van der Waals surface area contributed by atoms with Gasteiger partial charge in [-0.15, -0.1) is 0 Å². The van der Waals surface area contributed by atoms with Crippen LogP contribution in [0.3, 0.4) is 0 Å². The van der Waals surface area contributed by atoms with Gasteiger partial charge in [-0.2, -0.15) is 0 Å². The van der Waals surface area contributed by atoms with Gasteiger partial charge in [-0.05, 0) is 61.7 Å². The van der Waals surface area contributed by atoms with Crippen LogP contribution in [0.4, 0.5) is 5.69 Å². The Morgan fingerprint density at radius 1 is 1.16 bits per heavy atom. The highest BCUT2D eigenvalue weighted by atomic mass is 16.5. The lowest BCUT2D eigenvalue weighted by molar-refractivity contribution is -0.119. The molecule has 0 aromatic heterocycles. The van der Waals surface area contributed by atoms with Crippen molar-refractivity contribution in [1.82, 2.24) is 5.32 Å². The van der Waals surface area contributed by atoms with Gasteiger partial charge < -0.3 is 15.0 Å². The van der Waals surface area contributed by atoms with Crippen molar-refractivity contribution in [2.45, 2.75) is 25.8 Å². The van der Waals surface area contributed by atoms with Gasteiger partial charge in [-0.3, -0.25) is 4.79 Å². The van der Waals surface area contributed by atoms with Crippen molar-refractivity contribution in [3.05, 3.63) is 60.2 Å². The number of hydrogen-bond acceptors (Lipinski definition) is 3. The molecule has 1 amide bonds. The van der Waals surface area contributed by atoms with Crippen molar-refractivity contribution in [3.8, 4) is 5.75 Å². The number of hydrogen-bond donors (Lipinski definition) is 1. The first-order valence-corrected chi connectivity index (χ1v) is 8.95. The molecule has 2 aromatic rings. The van der Waals surface area contributed by atoms with Crippen LogP contribution in [0.1, 0.15) is 24.8 Å². The second kappa shape index (κ2) is 8.67. The second-order valence-electron chi connectivity index (χ2n) is 6.56. The van der Waals surface area contributed by atoms with E-state index >= 15 is 0 Å². The van der Waals surface area contributed by atoms with Crippen molar-refractivity contribution in [2.75, 3.05) is 25.1 Å². The van der Waals surface area contributed by atoms with E-state index in [4.69, 9.17) is 4.74 Å². The summed E-state index contributed by atoms with van der Waals surface area (Å²) < 4.78 is 5.23. The highest BCUT2D eigenvalue weighted by Crippen LogP contribution is 2.23. The molecule has 0 bridgehead atoms. The molecule has 1 aliphatic heterocycles. The summed E-state index contributed by atoms with van der Waals surface area (Å²) in [7, 11) is 1.65. The Morgan fingerprint density at radius 2 is 1.92 bits per heavy atom. The summed E-state index contributed by atoms with van der Waals surface area (Å²) >= 11 is 0. The molecule has 1 unspecified atom stereocenters. The van der Waals surface area contributed by atoms with Gasteiger partial charge in [0.05, 0.1) is 13.7 Å². The number of carbonyl (C=O) groups excluding carboxylic acids is 1. The fourth-order valence-corrected chi connectivity index (χ4v) is 3.28. The number of anilines is 1. The molecule has 3 rings (SSSR count). The summed E-state index contributed by atoms with van der Waals surface area (Å²) in [6.45, 7) is 2.70. The maximum Gasteiger partial charge on any atom is 0.227 e. The zero-order chi connectivity index (χ0) is 17.5. The highest BCUT2D eigenvalue weighted by molar-refractivity contribution is 5.93. The minimum Gasteiger partial charge on any atom is -0.497 e. The van der Waals surface area contributed by atoms with E-state index in [1.54, 1.807) is 7.11 Å². The van der Waals surface area contributed by atoms with E-state index in [0.29, 0.717) is 18.9 Å². The van der Waals surface area contributed by atoms with Gasteiger partial charge in [0.2, 0.25) is 5.91 Å². The molecule has 4 heteroatoms. The second-order valence-corrected chi connectivity index (χ2v) is 6.56. The molecule has 132 valence electrons. The lowest BCUT2D eigenvalue weighted by Crippen LogP contribution is -2.30. The van der Waals surface area contributed by atoms with Crippen molar-refractivity contribution >= 4 is 11.6 Å². The molecule has 0 saturated carbocycles. The third-order valence-corrected chi connectivity index (χ3v) is 4.80. The van der Waals surface area contributed by atoms with Crippen LogP contribution >= 0.6 is 0 Å². The van der Waals surface area contributed by atoms with Crippen LogP contribution in [0.25, 0.3) is 0 Å². The zero-order valence-corrected chi connectivity index (χ0v) is 14.8. The molecule has 1 heterocycles. The number of amides is 1. The average molecular weight is 338 g/mol. The molecule has 25 heavy (non-hydrogen) atoms. The molecular formula is C21H26N2O2. The smallest absolute Gasteiger partial charge is 0.227 e. The lowest BCUT2D eigenvalue weighted by Gasteiger charge is -2.24. The zero-order valence-electron chi connectivity index (χ0n) is 14.8. The van der Waals surface area contributed by atoms with Crippen LogP contribution in [-0.4, -0.2) is 26.1 Å². The number of methoxy groups -OCH3 is 1.